The van der Waals surface area contributed by atoms with Gasteiger partial charge in [-0.3, -0.25) is 4.57 Å². The minimum absolute atomic E-state index is 0.219. The molecule has 1 N–H and O–H groups in total. The maximum Gasteiger partial charge on any atom is 0.330 e. The summed E-state index contributed by atoms with van der Waals surface area (Å²) in [5.41, 5.74) is 3.25. The van der Waals surface area contributed by atoms with Crippen LogP contribution >= 0.6 is 0 Å². The minimum Gasteiger partial charge on any atom is -0.488 e. The lowest BCUT2D eigenvalue weighted by molar-refractivity contribution is 0.351. The zero-order valence-electron chi connectivity index (χ0n) is 15.3. The first-order chi connectivity index (χ1) is 14.1. The fourth-order valence-corrected chi connectivity index (χ4v) is 3.30. The van der Waals surface area contributed by atoms with E-state index < -0.39 is 0 Å². The molecule has 0 bridgehead atoms. The number of aryl methyl sites for hydroxylation is 1. The summed E-state index contributed by atoms with van der Waals surface area (Å²) in [4.78, 5) is 19.1. The molecule has 0 unspecified atom stereocenters. The van der Waals surface area contributed by atoms with E-state index in [1.807, 2.05) is 31.2 Å². The molecule has 4 aromatic rings. The van der Waals surface area contributed by atoms with Crippen LogP contribution in [-0.4, -0.2) is 26.3 Å². The molecule has 0 radical (unpaired) electrons. The van der Waals surface area contributed by atoms with E-state index in [1.54, 1.807) is 22.9 Å². The van der Waals surface area contributed by atoms with E-state index >= 15 is 0 Å². The van der Waals surface area contributed by atoms with E-state index in [0.29, 0.717) is 39.9 Å². The van der Waals surface area contributed by atoms with E-state index in [4.69, 9.17) is 9.26 Å². The highest BCUT2D eigenvalue weighted by Gasteiger charge is 2.19. The van der Waals surface area contributed by atoms with Crippen LogP contribution in [0.4, 0.5) is 4.39 Å². The van der Waals surface area contributed by atoms with Gasteiger partial charge in [0.2, 0.25) is 5.82 Å². The number of aromatic nitrogens is 4. The number of fused-ring (bicyclic) bond motifs is 1. The lowest BCUT2D eigenvalue weighted by Crippen LogP contribution is -2.15. The molecule has 0 saturated carbocycles. The SMILES string of the molecule is Cc1c[nH]c(=O)n1-c1cccc(-c2noc(C3=Cc4cc(F)ccc4OC3)n2)c1. The predicted octanol–water partition coefficient (Wildman–Crippen LogP) is 3.60. The molecule has 7 nitrogen and oxygen atoms in total. The van der Waals surface area contributed by atoms with E-state index in [2.05, 4.69) is 15.1 Å². The Morgan fingerprint density at radius 2 is 2.10 bits per heavy atom. The molecular weight excluding hydrogens is 375 g/mol. The number of ether oxygens (including phenoxy) is 1. The molecule has 5 rings (SSSR count). The number of halogens is 1. The normalized spacial score (nSPS) is 13.0. The summed E-state index contributed by atoms with van der Waals surface area (Å²) in [5, 5.41) is 4.05. The van der Waals surface area contributed by atoms with Crippen LogP contribution in [0.3, 0.4) is 0 Å². The second-order valence-corrected chi connectivity index (χ2v) is 6.68. The van der Waals surface area contributed by atoms with Gasteiger partial charge in [-0.1, -0.05) is 17.3 Å². The van der Waals surface area contributed by atoms with Gasteiger partial charge in [-0.25, -0.2) is 9.18 Å². The number of H-pyrrole nitrogens is 1. The van der Waals surface area contributed by atoms with Gasteiger partial charge in [0.1, 0.15) is 18.2 Å². The van der Waals surface area contributed by atoms with Crippen molar-refractivity contribution < 1.29 is 13.7 Å². The molecule has 1 aliphatic rings. The van der Waals surface area contributed by atoms with Gasteiger partial charge in [-0.05, 0) is 43.3 Å². The number of rotatable bonds is 3. The Labute approximate surface area is 164 Å². The molecule has 0 amide bonds. The Kier molecular flexibility index (Phi) is 3.90. The summed E-state index contributed by atoms with van der Waals surface area (Å²) in [6.45, 7) is 2.09. The van der Waals surface area contributed by atoms with Crippen LogP contribution in [0.2, 0.25) is 0 Å². The summed E-state index contributed by atoms with van der Waals surface area (Å²) < 4.78 is 26.1. The van der Waals surface area contributed by atoms with Crippen molar-refractivity contribution in [2.45, 2.75) is 6.92 Å². The Hall–Kier alpha value is -3.94. The van der Waals surface area contributed by atoms with Crippen molar-refractivity contribution in [3.63, 3.8) is 0 Å². The van der Waals surface area contributed by atoms with E-state index in [-0.39, 0.29) is 18.1 Å². The summed E-state index contributed by atoms with van der Waals surface area (Å²) in [6.07, 6.45) is 3.43. The van der Waals surface area contributed by atoms with Crippen molar-refractivity contribution in [1.29, 1.82) is 0 Å². The molecule has 3 heterocycles. The highest BCUT2D eigenvalue weighted by Crippen LogP contribution is 2.31. The van der Waals surface area contributed by atoms with Gasteiger partial charge in [0, 0.05) is 23.0 Å². The molecular formula is C21H15FN4O3. The number of nitrogens with one attached hydrogen (secondary N) is 1. The van der Waals surface area contributed by atoms with E-state index in [9.17, 15) is 9.18 Å². The average Bonchev–Trinajstić information content (AvgIpc) is 3.34. The second-order valence-electron chi connectivity index (χ2n) is 6.68. The van der Waals surface area contributed by atoms with Gasteiger partial charge in [0.25, 0.3) is 5.89 Å². The van der Waals surface area contributed by atoms with Crippen LogP contribution in [0.25, 0.3) is 28.7 Å². The third kappa shape index (κ3) is 3.04. The quantitative estimate of drug-likeness (QED) is 0.578. The number of aromatic amines is 1. The van der Waals surface area contributed by atoms with Crippen LogP contribution < -0.4 is 10.4 Å². The number of hydrogen-bond donors (Lipinski definition) is 1. The Morgan fingerprint density at radius 1 is 1.21 bits per heavy atom. The first-order valence-electron chi connectivity index (χ1n) is 8.93. The third-order valence-electron chi connectivity index (χ3n) is 4.71. The number of hydrogen-bond acceptors (Lipinski definition) is 5. The molecule has 2 aromatic carbocycles. The van der Waals surface area contributed by atoms with Gasteiger partial charge in [-0.2, -0.15) is 4.98 Å². The van der Waals surface area contributed by atoms with Gasteiger partial charge >= 0.3 is 5.69 Å². The molecule has 2 aromatic heterocycles. The maximum absolute atomic E-state index is 13.5. The lowest BCUT2D eigenvalue weighted by Gasteiger charge is -2.15. The molecule has 144 valence electrons. The monoisotopic (exact) mass is 390 g/mol. The van der Waals surface area contributed by atoms with Gasteiger partial charge in [-0.15, -0.1) is 0 Å². The Morgan fingerprint density at radius 3 is 2.93 bits per heavy atom. The predicted molar refractivity (Wildman–Crippen MR) is 104 cm³/mol. The zero-order valence-corrected chi connectivity index (χ0v) is 15.3. The first-order valence-corrected chi connectivity index (χ1v) is 8.93. The summed E-state index contributed by atoms with van der Waals surface area (Å²) in [7, 11) is 0. The van der Waals surface area contributed by atoms with E-state index in [1.165, 1.54) is 12.1 Å². The van der Waals surface area contributed by atoms with Crippen molar-refractivity contribution >= 4 is 11.6 Å². The Balaban J connectivity index is 1.50. The topological polar surface area (TPSA) is 85.9 Å². The summed E-state index contributed by atoms with van der Waals surface area (Å²) >= 11 is 0. The minimum atomic E-state index is -0.344. The second kappa shape index (κ2) is 6.59. The van der Waals surface area contributed by atoms with Crippen LogP contribution in [0, 0.1) is 12.7 Å². The molecule has 0 spiro atoms. The van der Waals surface area contributed by atoms with Gasteiger partial charge in [0.05, 0.1) is 11.3 Å². The zero-order chi connectivity index (χ0) is 20.0. The molecule has 0 atom stereocenters. The van der Waals surface area contributed by atoms with Crippen molar-refractivity contribution in [3.8, 4) is 22.8 Å². The van der Waals surface area contributed by atoms with E-state index in [0.717, 1.165) is 5.69 Å². The standard InChI is InChI=1S/C21H15FN4O3/c1-12-10-23-21(27)26(12)17-4-2-3-13(9-17)19-24-20(29-25-19)15-7-14-8-16(22)5-6-18(14)28-11-15/h2-10H,11H2,1H3,(H,23,27). The molecule has 29 heavy (non-hydrogen) atoms. The maximum atomic E-state index is 13.5. The van der Waals surface area contributed by atoms with Crippen LogP contribution in [-0.2, 0) is 0 Å². The average molecular weight is 390 g/mol. The lowest BCUT2D eigenvalue weighted by atomic mass is 10.1. The van der Waals surface area contributed by atoms with Crippen molar-refractivity contribution in [2.75, 3.05) is 6.61 Å². The summed E-state index contributed by atoms with van der Waals surface area (Å²) in [6, 6.07) is 11.6. The fraction of sp³-hybridized carbons (Fsp3) is 0.0952. The van der Waals surface area contributed by atoms with Gasteiger partial charge in [0.15, 0.2) is 0 Å². The van der Waals surface area contributed by atoms with Crippen molar-refractivity contribution in [2.24, 2.45) is 0 Å². The smallest absolute Gasteiger partial charge is 0.330 e. The molecule has 0 aliphatic carbocycles. The van der Waals surface area contributed by atoms with Gasteiger partial charge < -0.3 is 14.2 Å². The molecule has 1 aliphatic heterocycles. The fourth-order valence-electron chi connectivity index (χ4n) is 3.30. The highest BCUT2D eigenvalue weighted by molar-refractivity contribution is 5.83. The van der Waals surface area contributed by atoms with Crippen LogP contribution in [0.5, 0.6) is 5.75 Å². The van der Waals surface area contributed by atoms with Crippen LogP contribution in [0.15, 0.2) is 58.0 Å². The largest absolute Gasteiger partial charge is 0.488 e. The van der Waals surface area contributed by atoms with Crippen LogP contribution in [0.1, 0.15) is 17.1 Å². The molecule has 0 fully saturated rings. The van der Waals surface area contributed by atoms with Crippen molar-refractivity contribution in [1.82, 2.24) is 19.7 Å². The first kappa shape index (κ1) is 17.2. The highest BCUT2D eigenvalue weighted by atomic mass is 19.1. The molecule has 8 heteroatoms. The number of benzene rings is 2. The number of imidazole rings is 1. The molecule has 0 saturated heterocycles. The summed E-state index contributed by atoms with van der Waals surface area (Å²) in [5.74, 6) is 0.947. The third-order valence-corrected chi connectivity index (χ3v) is 4.71. The Bertz CT molecular complexity index is 1320. The number of nitrogens with zero attached hydrogens (tertiary/aromatic N) is 3. The van der Waals surface area contributed by atoms with Crippen molar-refractivity contribution in [3.05, 3.63) is 82.1 Å².